The van der Waals surface area contributed by atoms with E-state index in [2.05, 4.69) is 20.1 Å². The molecule has 1 aliphatic rings. The highest BCUT2D eigenvalue weighted by Gasteiger charge is 2.38. The van der Waals surface area contributed by atoms with Crippen LogP contribution < -0.4 is 10.6 Å². The first kappa shape index (κ1) is 18.1. The van der Waals surface area contributed by atoms with Gasteiger partial charge in [0.2, 0.25) is 5.95 Å². The van der Waals surface area contributed by atoms with Crippen molar-refractivity contribution >= 4 is 39.3 Å². The highest BCUT2D eigenvalue weighted by atomic mass is 32.1. The Kier molecular flexibility index (Phi) is 4.07. The predicted octanol–water partition coefficient (Wildman–Crippen LogP) is 2.99. The van der Waals surface area contributed by atoms with E-state index in [9.17, 15) is 5.11 Å². The lowest BCUT2D eigenvalue weighted by molar-refractivity contribution is -0.0234. The molecule has 0 saturated heterocycles. The maximum atomic E-state index is 10.1. The summed E-state index contributed by atoms with van der Waals surface area (Å²) in [5.74, 6) is 1.24. The van der Waals surface area contributed by atoms with Gasteiger partial charge >= 0.3 is 0 Å². The Morgan fingerprint density at radius 3 is 2.79 bits per heavy atom. The number of aromatic nitrogens is 6. The number of fused-ring (bicyclic) bond motifs is 1. The minimum Gasteiger partial charge on any atom is -0.390 e. The number of nitrogens with one attached hydrogen (secondary N) is 2. The van der Waals surface area contributed by atoms with Crippen molar-refractivity contribution in [2.75, 3.05) is 10.6 Å². The van der Waals surface area contributed by atoms with Gasteiger partial charge in [0.05, 0.1) is 28.7 Å². The average Bonchev–Trinajstić information content (AvgIpc) is 3.33. The van der Waals surface area contributed by atoms with E-state index in [1.165, 1.54) is 11.5 Å². The number of aliphatic hydroxyl groups is 1. The van der Waals surface area contributed by atoms with Crippen LogP contribution in [0.5, 0.6) is 0 Å². The molecule has 1 fully saturated rings. The van der Waals surface area contributed by atoms with Crippen LogP contribution in [0.15, 0.2) is 30.7 Å². The molecule has 5 rings (SSSR count). The second-order valence-corrected chi connectivity index (χ2v) is 8.70. The summed E-state index contributed by atoms with van der Waals surface area (Å²) in [6.07, 6.45) is 7.10. The Morgan fingerprint density at radius 1 is 1.31 bits per heavy atom. The SMILES string of the molecule is Cc1cc(Nc2nc(N[C@H]3C[C@@](C)(O)C3)c3c(ccn3-c3cnn(C)c3)n2)sn1. The van der Waals surface area contributed by atoms with Gasteiger partial charge in [-0.2, -0.15) is 14.5 Å². The van der Waals surface area contributed by atoms with Crippen LogP contribution >= 0.6 is 11.5 Å². The molecular weight excluding hydrogens is 388 g/mol. The van der Waals surface area contributed by atoms with E-state index in [-0.39, 0.29) is 6.04 Å². The van der Waals surface area contributed by atoms with Gasteiger partial charge < -0.3 is 20.3 Å². The fourth-order valence-electron chi connectivity index (χ4n) is 3.78. The van der Waals surface area contributed by atoms with Crippen molar-refractivity contribution in [2.24, 2.45) is 7.05 Å². The van der Waals surface area contributed by atoms with Crippen LogP contribution in [0.4, 0.5) is 16.8 Å². The third-order valence-corrected chi connectivity index (χ3v) is 5.87. The van der Waals surface area contributed by atoms with Crippen LogP contribution in [-0.2, 0) is 7.05 Å². The smallest absolute Gasteiger partial charge is 0.230 e. The average molecular weight is 411 g/mol. The van der Waals surface area contributed by atoms with Gasteiger partial charge in [0.1, 0.15) is 10.5 Å². The summed E-state index contributed by atoms with van der Waals surface area (Å²) >= 11 is 1.38. The number of hydrogen-bond donors (Lipinski definition) is 3. The molecule has 0 spiro atoms. The first-order valence-corrected chi connectivity index (χ1v) is 10.2. The largest absolute Gasteiger partial charge is 0.390 e. The van der Waals surface area contributed by atoms with Gasteiger partial charge in [-0.1, -0.05) is 0 Å². The molecule has 10 heteroatoms. The minimum absolute atomic E-state index is 0.166. The van der Waals surface area contributed by atoms with Crippen LogP contribution in [0, 0.1) is 6.92 Å². The van der Waals surface area contributed by atoms with Gasteiger partial charge in [-0.3, -0.25) is 4.68 Å². The molecule has 1 saturated carbocycles. The normalized spacial score (nSPS) is 21.3. The van der Waals surface area contributed by atoms with E-state index in [1.807, 2.05) is 56.2 Å². The van der Waals surface area contributed by atoms with Crippen LogP contribution in [0.25, 0.3) is 16.7 Å². The molecule has 4 aromatic rings. The topological polar surface area (TPSA) is 106 Å². The van der Waals surface area contributed by atoms with Gasteiger partial charge in [0.15, 0.2) is 5.82 Å². The monoisotopic (exact) mass is 410 g/mol. The Bertz CT molecular complexity index is 1180. The van der Waals surface area contributed by atoms with Gasteiger partial charge in [0.25, 0.3) is 0 Å². The summed E-state index contributed by atoms with van der Waals surface area (Å²) in [6.45, 7) is 3.81. The van der Waals surface area contributed by atoms with Crippen LogP contribution in [0.1, 0.15) is 25.5 Å². The molecule has 4 heterocycles. The number of nitrogens with zero attached hydrogens (tertiary/aromatic N) is 6. The molecule has 29 heavy (non-hydrogen) atoms. The Morgan fingerprint density at radius 2 is 2.14 bits per heavy atom. The highest BCUT2D eigenvalue weighted by molar-refractivity contribution is 7.10. The van der Waals surface area contributed by atoms with Crippen molar-refractivity contribution in [3.05, 3.63) is 36.4 Å². The molecular formula is C19H22N8OS. The minimum atomic E-state index is -0.615. The van der Waals surface area contributed by atoms with Crippen molar-refractivity contribution in [2.45, 2.75) is 38.3 Å². The zero-order valence-corrected chi connectivity index (χ0v) is 17.2. The maximum Gasteiger partial charge on any atom is 0.230 e. The van der Waals surface area contributed by atoms with Crippen molar-refractivity contribution < 1.29 is 5.11 Å². The first-order valence-electron chi connectivity index (χ1n) is 9.44. The lowest BCUT2D eigenvalue weighted by Gasteiger charge is -2.41. The maximum absolute atomic E-state index is 10.1. The van der Waals surface area contributed by atoms with Crippen LogP contribution in [0.3, 0.4) is 0 Å². The Balaban J connectivity index is 1.56. The molecule has 0 bridgehead atoms. The third-order valence-electron chi connectivity index (χ3n) is 5.08. The Labute approximate surface area is 171 Å². The van der Waals surface area contributed by atoms with Gasteiger partial charge in [-0.05, 0) is 50.4 Å². The lowest BCUT2D eigenvalue weighted by Crippen LogP contribution is -2.48. The second kappa shape index (κ2) is 6.53. The van der Waals surface area contributed by atoms with Crippen molar-refractivity contribution in [3.63, 3.8) is 0 Å². The van der Waals surface area contributed by atoms with E-state index in [1.54, 1.807) is 4.68 Å². The highest BCUT2D eigenvalue weighted by Crippen LogP contribution is 2.36. The summed E-state index contributed by atoms with van der Waals surface area (Å²) in [5.41, 5.74) is 2.98. The van der Waals surface area contributed by atoms with Gasteiger partial charge in [-0.15, -0.1) is 0 Å². The molecule has 9 nitrogen and oxygen atoms in total. The van der Waals surface area contributed by atoms with Crippen molar-refractivity contribution in [1.29, 1.82) is 0 Å². The van der Waals surface area contributed by atoms with Crippen molar-refractivity contribution in [3.8, 4) is 5.69 Å². The molecule has 4 aromatic heterocycles. The summed E-state index contributed by atoms with van der Waals surface area (Å²) in [4.78, 5) is 9.45. The molecule has 1 aliphatic carbocycles. The molecule has 0 aromatic carbocycles. The number of rotatable bonds is 5. The Hall–Kier alpha value is -2.98. The number of anilines is 3. The summed E-state index contributed by atoms with van der Waals surface area (Å²) in [5, 5.41) is 22.0. The summed E-state index contributed by atoms with van der Waals surface area (Å²) < 4.78 is 8.09. The van der Waals surface area contributed by atoms with E-state index >= 15 is 0 Å². The molecule has 0 unspecified atom stereocenters. The van der Waals surface area contributed by atoms with E-state index in [4.69, 9.17) is 9.97 Å². The third kappa shape index (κ3) is 3.45. The predicted molar refractivity (Wildman–Crippen MR) is 113 cm³/mol. The quantitative estimate of drug-likeness (QED) is 0.464. The molecule has 3 N–H and O–H groups in total. The molecule has 0 aliphatic heterocycles. The van der Waals surface area contributed by atoms with Crippen LogP contribution in [-0.4, -0.2) is 45.4 Å². The molecule has 0 atom stereocenters. The molecule has 150 valence electrons. The zero-order valence-electron chi connectivity index (χ0n) is 16.4. The number of hydrogen-bond acceptors (Lipinski definition) is 8. The fraction of sp³-hybridized carbons (Fsp3) is 0.368. The van der Waals surface area contributed by atoms with Gasteiger partial charge in [-0.25, -0.2) is 4.98 Å². The van der Waals surface area contributed by atoms with E-state index in [0.717, 1.165) is 33.2 Å². The zero-order chi connectivity index (χ0) is 20.2. The summed E-state index contributed by atoms with van der Waals surface area (Å²) in [6, 6.07) is 4.10. The molecule has 0 amide bonds. The van der Waals surface area contributed by atoms with Gasteiger partial charge in [0, 0.05) is 25.5 Å². The van der Waals surface area contributed by atoms with E-state index < -0.39 is 5.60 Å². The second-order valence-electron chi connectivity index (χ2n) is 7.89. The fourth-order valence-corrected chi connectivity index (χ4v) is 4.44. The van der Waals surface area contributed by atoms with Crippen LogP contribution in [0.2, 0.25) is 0 Å². The lowest BCUT2D eigenvalue weighted by atomic mass is 9.77. The summed E-state index contributed by atoms with van der Waals surface area (Å²) in [7, 11) is 1.89. The van der Waals surface area contributed by atoms with E-state index in [0.29, 0.717) is 18.8 Å². The standard InChI is InChI=1S/C19H22N8OS/c1-11-6-15(29-25-11)23-18-22-14-4-5-27(13-9-20-26(3)10-13)16(14)17(24-18)21-12-7-19(2,28)8-12/h4-6,9-10,12,28H,7-8H2,1-3H3,(H2,21,22,23,24)/t12-,19+. The first-order chi connectivity index (χ1) is 13.9. The van der Waals surface area contributed by atoms with Crippen molar-refractivity contribution in [1.82, 2.24) is 28.7 Å². The molecule has 0 radical (unpaired) electrons. The number of aryl methyl sites for hydroxylation is 2.